The number of hydrogen-bond donors (Lipinski definition) is 1. The predicted molar refractivity (Wildman–Crippen MR) is 58.0 cm³/mol. The third kappa shape index (κ3) is 1.14. The maximum Gasteiger partial charge on any atom is 0.167 e. The Morgan fingerprint density at radius 2 is 1.62 bits per heavy atom. The normalized spacial score (nSPS) is 18.5. The lowest BCUT2D eigenvalue weighted by Gasteiger charge is -2.18. The van der Waals surface area contributed by atoms with Gasteiger partial charge in [-0.05, 0) is 36.5 Å². The maximum absolute atomic E-state index is 11.9. The Kier molecular flexibility index (Phi) is 1.90. The molecular weight excluding hydrogens is 204 g/mol. The van der Waals surface area contributed by atoms with Gasteiger partial charge in [0.25, 0.3) is 0 Å². The van der Waals surface area contributed by atoms with Crippen LogP contribution < -0.4 is 0 Å². The van der Waals surface area contributed by atoms with Gasteiger partial charge in [-0.25, -0.2) is 0 Å². The number of phenolic OH excluding ortho intramolecular Hbond substituents is 1. The summed E-state index contributed by atoms with van der Waals surface area (Å²) in [5, 5.41) is 9.84. The van der Waals surface area contributed by atoms with Crippen molar-refractivity contribution >= 4 is 11.6 Å². The van der Waals surface area contributed by atoms with Crippen LogP contribution >= 0.6 is 0 Å². The van der Waals surface area contributed by atoms with E-state index in [1.807, 2.05) is 0 Å². The van der Waals surface area contributed by atoms with Crippen LogP contribution in [0.2, 0.25) is 0 Å². The number of carbonyl (C=O) groups excluding carboxylic acids is 2. The van der Waals surface area contributed by atoms with Gasteiger partial charge in [0, 0.05) is 18.4 Å². The molecule has 1 N–H and O–H groups in total. The Hall–Kier alpha value is -1.64. The van der Waals surface area contributed by atoms with Gasteiger partial charge in [0.05, 0.1) is 5.56 Å². The van der Waals surface area contributed by atoms with Crippen LogP contribution in [0.25, 0.3) is 0 Å². The van der Waals surface area contributed by atoms with E-state index in [-0.39, 0.29) is 29.3 Å². The van der Waals surface area contributed by atoms with E-state index in [9.17, 15) is 14.7 Å². The van der Waals surface area contributed by atoms with Crippen molar-refractivity contribution in [2.24, 2.45) is 0 Å². The fourth-order valence-electron chi connectivity index (χ4n) is 2.80. The molecule has 0 amide bonds. The molecule has 0 atom stereocenters. The second-order valence-corrected chi connectivity index (χ2v) is 4.48. The van der Waals surface area contributed by atoms with Crippen molar-refractivity contribution in [1.82, 2.24) is 0 Å². The molecule has 0 radical (unpaired) electrons. The summed E-state index contributed by atoms with van der Waals surface area (Å²) in [6.07, 6.45) is 3.29. The molecular formula is C13H12O3. The summed E-state index contributed by atoms with van der Waals surface area (Å²) >= 11 is 0. The average molecular weight is 216 g/mol. The number of Topliss-reactive ketones (excluding diaryl/α,β-unsaturated/α-hetero) is 2. The molecule has 3 rings (SSSR count). The van der Waals surface area contributed by atoms with Gasteiger partial charge in [0.15, 0.2) is 11.6 Å². The van der Waals surface area contributed by atoms with Crippen molar-refractivity contribution in [2.75, 3.05) is 0 Å². The molecule has 2 aliphatic rings. The fraction of sp³-hybridized carbons (Fsp3) is 0.385. The van der Waals surface area contributed by atoms with Gasteiger partial charge in [-0.2, -0.15) is 0 Å². The number of aryl methyl sites for hydroxylation is 1. The van der Waals surface area contributed by atoms with E-state index in [0.29, 0.717) is 12.0 Å². The third-order valence-electron chi connectivity index (χ3n) is 3.52. The van der Waals surface area contributed by atoms with E-state index in [0.717, 1.165) is 30.4 Å². The second-order valence-electron chi connectivity index (χ2n) is 4.48. The quantitative estimate of drug-likeness (QED) is 0.722. The number of aromatic hydroxyl groups is 1. The van der Waals surface area contributed by atoms with E-state index in [1.54, 1.807) is 6.07 Å². The molecule has 1 aromatic carbocycles. The van der Waals surface area contributed by atoms with Gasteiger partial charge in [-0.3, -0.25) is 9.59 Å². The largest absolute Gasteiger partial charge is 0.507 e. The van der Waals surface area contributed by atoms with Crippen LogP contribution in [0.15, 0.2) is 6.07 Å². The molecule has 0 bridgehead atoms. The van der Waals surface area contributed by atoms with Crippen LogP contribution in [0.3, 0.4) is 0 Å². The summed E-state index contributed by atoms with van der Waals surface area (Å²) in [6, 6.07) is 1.66. The molecule has 0 heterocycles. The first-order chi connectivity index (χ1) is 7.68. The Labute approximate surface area is 93.1 Å². The number of benzene rings is 1. The SMILES string of the molecule is O=C1CCC(=O)c2c3c(cc(O)c21)CCC3. The van der Waals surface area contributed by atoms with Crippen molar-refractivity contribution in [2.45, 2.75) is 32.1 Å². The standard InChI is InChI=1S/C13H12O3/c14-9-4-5-10(15)13-11(16)6-7-2-1-3-8(7)12(9)13/h6,16H,1-5H2. The molecule has 0 spiro atoms. The van der Waals surface area contributed by atoms with Crippen molar-refractivity contribution < 1.29 is 14.7 Å². The van der Waals surface area contributed by atoms with Gasteiger partial charge in [-0.1, -0.05) is 0 Å². The lowest BCUT2D eigenvalue weighted by atomic mass is 9.84. The molecule has 82 valence electrons. The molecule has 0 unspecified atom stereocenters. The molecule has 0 saturated heterocycles. The van der Waals surface area contributed by atoms with Crippen LogP contribution in [-0.2, 0) is 12.8 Å². The van der Waals surface area contributed by atoms with E-state index >= 15 is 0 Å². The highest BCUT2D eigenvalue weighted by atomic mass is 16.3. The average Bonchev–Trinajstić information content (AvgIpc) is 2.70. The Morgan fingerprint density at radius 1 is 0.938 bits per heavy atom. The smallest absolute Gasteiger partial charge is 0.167 e. The fourth-order valence-corrected chi connectivity index (χ4v) is 2.80. The minimum absolute atomic E-state index is 0.00583. The van der Waals surface area contributed by atoms with Gasteiger partial charge >= 0.3 is 0 Å². The Balaban J connectivity index is 2.35. The molecule has 0 fully saturated rings. The van der Waals surface area contributed by atoms with Crippen molar-refractivity contribution in [1.29, 1.82) is 0 Å². The number of ketones is 2. The summed E-state index contributed by atoms with van der Waals surface area (Å²) < 4.78 is 0. The molecule has 1 aromatic rings. The van der Waals surface area contributed by atoms with Gasteiger partial charge in [0.1, 0.15) is 5.75 Å². The Bertz CT molecular complexity index is 514. The third-order valence-corrected chi connectivity index (χ3v) is 3.52. The Morgan fingerprint density at radius 3 is 2.38 bits per heavy atom. The second kappa shape index (κ2) is 3.17. The molecule has 0 saturated carbocycles. The zero-order valence-electron chi connectivity index (χ0n) is 8.88. The molecule has 3 nitrogen and oxygen atoms in total. The predicted octanol–water partition coefficient (Wildman–Crippen LogP) is 2.04. The van der Waals surface area contributed by atoms with E-state index in [4.69, 9.17) is 0 Å². The number of rotatable bonds is 0. The van der Waals surface area contributed by atoms with Crippen LogP contribution in [0.1, 0.15) is 51.1 Å². The molecule has 2 aliphatic carbocycles. The van der Waals surface area contributed by atoms with Crippen molar-refractivity contribution in [3.8, 4) is 5.75 Å². The summed E-state index contributed by atoms with van der Waals surface area (Å²) in [4.78, 5) is 23.6. The minimum Gasteiger partial charge on any atom is -0.507 e. The first-order valence-electron chi connectivity index (χ1n) is 5.62. The van der Waals surface area contributed by atoms with Crippen molar-refractivity contribution in [3.05, 3.63) is 28.3 Å². The van der Waals surface area contributed by atoms with Gasteiger partial charge < -0.3 is 5.11 Å². The maximum atomic E-state index is 11.9. The summed E-state index contributed by atoms with van der Waals surface area (Å²) in [5.74, 6) is -0.0841. The first-order valence-corrected chi connectivity index (χ1v) is 5.62. The van der Waals surface area contributed by atoms with Crippen LogP contribution in [0.4, 0.5) is 0 Å². The first kappa shape index (κ1) is 9.58. The highest BCUT2D eigenvalue weighted by Gasteiger charge is 2.32. The summed E-state index contributed by atoms with van der Waals surface area (Å²) in [5.41, 5.74) is 2.84. The monoisotopic (exact) mass is 216 g/mol. The van der Waals surface area contributed by atoms with Crippen LogP contribution in [0, 0.1) is 0 Å². The molecule has 16 heavy (non-hydrogen) atoms. The zero-order chi connectivity index (χ0) is 11.3. The number of phenols is 1. The zero-order valence-corrected chi connectivity index (χ0v) is 8.88. The van der Waals surface area contributed by atoms with Crippen LogP contribution in [-0.4, -0.2) is 16.7 Å². The highest BCUT2D eigenvalue weighted by Crippen LogP contribution is 2.37. The molecule has 3 heteroatoms. The summed E-state index contributed by atoms with van der Waals surface area (Å²) in [6.45, 7) is 0. The number of fused-ring (bicyclic) bond motifs is 3. The summed E-state index contributed by atoms with van der Waals surface area (Å²) in [7, 11) is 0. The topological polar surface area (TPSA) is 54.4 Å². The lowest BCUT2D eigenvalue weighted by molar-refractivity contribution is 0.0887. The molecule has 0 aliphatic heterocycles. The van der Waals surface area contributed by atoms with Gasteiger partial charge in [0.2, 0.25) is 0 Å². The molecule has 0 aromatic heterocycles. The van der Waals surface area contributed by atoms with E-state index in [2.05, 4.69) is 0 Å². The van der Waals surface area contributed by atoms with Crippen LogP contribution in [0.5, 0.6) is 5.75 Å². The number of hydrogen-bond acceptors (Lipinski definition) is 3. The minimum atomic E-state index is -0.0956. The van der Waals surface area contributed by atoms with Crippen molar-refractivity contribution in [3.63, 3.8) is 0 Å². The number of carbonyl (C=O) groups is 2. The van der Waals surface area contributed by atoms with E-state index in [1.165, 1.54) is 0 Å². The lowest BCUT2D eigenvalue weighted by Crippen LogP contribution is -2.19. The van der Waals surface area contributed by atoms with E-state index < -0.39 is 0 Å². The highest BCUT2D eigenvalue weighted by molar-refractivity contribution is 6.16. The van der Waals surface area contributed by atoms with Gasteiger partial charge in [-0.15, -0.1) is 0 Å².